The summed E-state index contributed by atoms with van der Waals surface area (Å²) in [5.74, 6) is 0.173. The first-order chi connectivity index (χ1) is 9.50. The maximum absolute atomic E-state index is 12.3. The lowest BCUT2D eigenvalue weighted by Crippen LogP contribution is -2.27. The van der Waals surface area contributed by atoms with E-state index in [2.05, 4.69) is 32.4 Å². The van der Waals surface area contributed by atoms with Crippen LogP contribution < -0.4 is 4.72 Å². The smallest absolute Gasteiger partial charge is 0.240 e. The number of rotatable bonds is 5. The number of carbonyl (C=O) groups is 1. The largest absolute Gasteiger partial charge is 0.295 e. The summed E-state index contributed by atoms with van der Waals surface area (Å²) in [5.41, 5.74) is 0.679. The summed E-state index contributed by atoms with van der Waals surface area (Å²) in [6.07, 6.45) is 0. The van der Waals surface area contributed by atoms with Crippen LogP contribution in [-0.2, 0) is 10.0 Å². The topological polar surface area (TPSA) is 63.2 Å². The lowest BCUT2D eigenvalue weighted by Gasteiger charge is -2.08. The van der Waals surface area contributed by atoms with Gasteiger partial charge in [0.05, 0.1) is 4.90 Å². The fourth-order valence-electron chi connectivity index (χ4n) is 3.00. The first kappa shape index (κ1) is 16.2. The van der Waals surface area contributed by atoms with Crippen molar-refractivity contribution < 1.29 is 13.2 Å². The molecule has 2 rings (SSSR count). The van der Waals surface area contributed by atoms with Crippen molar-refractivity contribution >= 4 is 15.8 Å². The van der Waals surface area contributed by atoms with Gasteiger partial charge in [-0.25, -0.2) is 13.1 Å². The second kappa shape index (κ2) is 4.92. The Morgan fingerprint density at radius 2 is 1.76 bits per heavy atom. The molecule has 0 radical (unpaired) electrons. The van der Waals surface area contributed by atoms with Crippen LogP contribution in [0.2, 0.25) is 0 Å². The molecular formula is C16H23NO3S. The van der Waals surface area contributed by atoms with Gasteiger partial charge in [0.1, 0.15) is 0 Å². The van der Waals surface area contributed by atoms with Gasteiger partial charge < -0.3 is 0 Å². The molecule has 21 heavy (non-hydrogen) atoms. The minimum absolute atomic E-state index is 0.136. The zero-order valence-electron chi connectivity index (χ0n) is 13.2. The van der Waals surface area contributed by atoms with Gasteiger partial charge in [0.15, 0.2) is 5.78 Å². The van der Waals surface area contributed by atoms with Crippen molar-refractivity contribution in [3.8, 4) is 0 Å². The molecule has 0 aliphatic heterocycles. The molecule has 0 unspecified atom stereocenters. The van der Waals surface area contributed by atoms with E-state index in [1.807, 2.05) is 0 Å². The normalized spacial score (nSPS) is 20.2. The van der Waals surface area contributed by atoms with Crippen LogP contribution in [-0.4, -0.2) is 20.7 Å². The molecule has 1 aromatic rings. The highest BCUT2D eigenvalue weighted by Gasteiger charge is 2.64. The van der Waals surface area contributed by atoms with E-state index in [1.165, 1.54) is 19.1 Å². The molecule has 5 heteroatoms. The van der Waals surface area contributed by atoms with Gasteiger partial charge in [0, 0.05) is 12.1 Å². The summed E-state index contributed by atoms with van der Waals surface area (Å²) in [5, 5.41) is 0. The quantitative estimate of drug-likeness (QED) is 0.851. The molecule has 0 heterocycles. The second-order valence-electron chi connectivity index (χ2n) is 6.93. The summed E-state index contributed by atoms with van der Waals surface area (Å²) < 4.78 is 27.4. The van der Waals surface area contributed by atoms with Gasteiger partial charge in [-0.05, 0) is 35.8 Å². The molecule has 0 atom stereocenters. The highest BCUT2D eigenvalue weighted by molar-refractivity contribution is 7.89. The molecular weight excluding hydrogens is 286 g/mol. The van der Waals surface area contributed by atoms with Crippen molar-refractivity contribution in [3.05, 3.63) is 29.8 Å². The number of sulfonamides is 1. The third kappa shape index (κ3) is 2.77. The van der Waals surface area contributed by atoms with E-state index >= 15 is 0 Å². The average molecular weight is 309 g/mol. The van der Waals surface area contributed by atoms with Crippen LogP contribution in [0.3, 0.4) is 0 Å². The Morgan fingerprint density at radius 1 is 1.19 bits per heavy atom. The van der Waals surface area contributed by atoms with E-state index in [1.54, 1.807) is 12.1 Å². The highest BCUT2D eigenvalue weighted by atomic mass is 32.2. The molecule has 1 saturated carbocycles. The third-order valence-electron chi connectivity index (χ3n) is 5.35. The molecule has 4 nitrogen and oxygen atoms in total. The van der Waals surface area contributed by atoms with Crippen LogP contribution >= 0.6 is 0 Å². The standard InChI is InChI=1S/C16H23NO3S/c1-11(18)12-7-6-8-13(9-12)21(19,20)17-10-14-15(2,3)16(14,4)5/h6-9,14,17H,10H2,1-5H3. The van der Waals surface area contributed by atoms with Crippen molar-refractivity contribution in [2.24, 2.45) is 16.7 Å². The van der Waals surface area contributed by atoms with Crippen molar-refractivity contribution in [2.75, 3.05) is 6.54 Å². The maximum Gasteiger partial charge on any atom is 0.240 e. The summed E-state index contributed by atoms with van der Waals surface area (Å²) in [4.78, 5) is 11.5. The van der Waals surface area contributed by atoms with Crippen molar-refractivity contribution in [1.82, 2.24) is 4.72 Å². The molecule has 0 bridgehead atoms. The first-order valence-corrected chi connectivity index (χ1v) is 8.59. The van der Waals surface area contributed by atoms with Crippen molar-refractivity contribution in [2.45, 2.75) is 39.5 Å². The van der Waals surface area contributed by atoms with Gasteiger partial charge in [0.2, 0.25) is 10.0 Å². The Hall–Kier alpha value is -1.20. The Morgan fingerprint density at radius 3 is 2.24 bits per heavy atom. The van der Waals surface area contributed by atoms with Crippen molar-refractivity contribution in [3.63, 3.8) is 0 Å². The molecule has 1 N–H and O–H groups in total. The number of Topliss-reactive ketones (excluding diaryl/α,β-unsaturated/α-hetero) is 1. The number of carbonyl (C=O) groups excluding carboxylic acids is 1. The molecule has 1 aromatic carbocycles. The number of benzene rings is 1. The van der Waals surface area contributed by atoms with Crippen LogP contribution in [0.15, 0.2) is 29.2 Å². The van der Waals surface area contributed by atoms with Gasteiger partial charge in [-0.15, -0.1) is 0 Å². The number of hydrogen-bond acceptors (Lipinski definition) is 3. The van der Waals surface area contributed by atoms with E-state index in [4.69, 9.17) is 0 Å². The van der Waals surface area contributed by atoms with E-state index in [-0.39, 0.29) is 21.5 Å². The molecule has 0 amide bonds. The van der Waals surface area contributed by atoms with Gasteiger partial charge in [0.25, 0.3) is 0 Å². The van der Waals surface area contributed by atoms with Gasteiger partial charge in [-0.3, -0.25) is 4.79 Å². The summed E-state index contributed by atoms with van der Waals surface area (Å²) in [6.45, 7) is 10.5. The van der Waals surface area contributed by atoms with Gasteiger partial charge in [-0.1, -0.05) is 39.8 Å². The van der Waals surface area contributed by atoms with Crippen LogP contribution in [0.4, 0.5) is 0 Å². The monoisotopic (exact) mass is 309 g/mol. The van der Waals surface area contributed by atoms with E-state index in [9.17, 15) is 13.2 Å². The fourth-order valence-corrected chi connectivity index (χ4v) is 4.09. The Kier molecular flexibility index (Phi) is 3.79. The van der Waals surface area contributed by atoms with E-state index in [0.29, 0.717) is 18.0 Å². The van der Waals surface area contributed by atoms with E-state index in [0.717, 1.165) is 0 Å². The molecule has 1 aliphatic rings. The predicted molar refractivity (Wildman–Crippen MR) is 82.7 cm³/mol. The van der Waals surface area contributed by atoms with Gasteiger partial charge in [-0.2, -0.15) is 0 Å². The minimum atomic E-state index is -3.57. The van der Waals surface area contributed by atoms with Crippen LogP contribution in [0.5, 0.6) is 0 Å². The minimum Gasteiger partial charge on any atom is -0.295 e. The van der Waals surface area contributed by atoms with Crippen LogP contribution in [0.25, 0.3) is 0 Å². The number of hydrogen-bond donors (Lipinski definition) is 1. The van der Waals surface area contributed by atoms with Crippen molar-refractivity contribution in [1.29, 1.82) is 0 Å². The molecule has 0 saturated heterocycles. The van der Waals surface area contributed by atoms with Crippen LogP contribution in [0.1, 0.15) is 45.0 Å². The number of nitrogens with one attached hydrogen (secondary N) is 1. The fraction of sp³-hybridized carbons (Fsp3) is 0.562. The Balaban J connectivity index is 2.13. The lowest BCUT2D eigenvalue weighted by atomic mass is 10.0. The molecule has 0 aromatic heterocycles. The predicted octanol–water partition coefficient (Wildman–Crippen LogP) is 2.85. The van der Waals surface area contributed by atoms with E-state index < -0.39 is 10.0 Å². The zero-order valence-corrected chi connectivity index (χ0v) is 14.0. The Labute approximate surface area is 127 Å². The second-order valence-corrected chi connectivity index (χ2v) is 8.70. The molecule has 0 spiro atoms. The van der Waals surface area contributed by atoms with Gasteiger partial charge >= 0.3 is 0 Å². The molecule has 1 fully saturated rings. The number of ketones is 1. The molecule has 116 valence electrons. The lowest BCUT2D eigenvalue weighted by molar-refractivity contribution is 0.101. The average Bonchev–Trinajstić information content (AvgIpc) is 2.77. The SMILES string of the molecule is CC(=O)c1cccc(S(=O)(=O)NCC2C(C)(C)C2(C)C)c1. The highest BCUT2D eigenvalue weighted by Crippen LogP contribution is 2.67. The molecule has 1 aliphatic carbocycles. The third-order valence-corrected chi connectivity index (χ3v) is 6.77. The van der Waals surface area contributed by atoms with Crippen LogP contribution in [0, 0.1) is 16.7 Å². The zero-order chi connectivity index (χ0) is 16.1. The first-order valence-electron chi connectivity index (χ1n) is 7.11. The summed E-state index contributed by atoms with van der Waals surface area (Å²) in [6, 6.07) is 6.15. The summed E-state index contributed by atoms with van der Waals surface area (Å²) in [7, 11) is -3.57. The Bertz CT molecular complexity index is 661. The summed E-state index contributed by atoms with van der Waals surface area (Å²) >= 11 is 0. The maximum atomic E-state index is 12.3.